The molecule has 0 aromatic carbocycles. The fourth-order valence-corrected chi connectivity index (χ4v) is 2.13. The highest BCUT2D eigenvalue weighted by Crippen LogP contribution is 2.26. The number of carboxylic acid groups (broad SMARTS) is 2. The Kier molecular flexibility index (Phi) is 4.53. The van der Waals surface area contributed by atoms with Gasteiger partial charge in [-0.05, 0) is 0 Å². The Hall–Kier alpha value is -2.72. The van der Waals surface area contributed by atoms with E-state index in [1.807, 2.05) is 0 Å². The molecule has 10 nitrogen and oxygen atoms in total. The maximum atomic E-state index is 11.2. The number of carbonyl (C=O) groups is 2. The lowest BCUT2D eigenvalue weighted by atomic mass is 9.93. The first-order valence-electron chi connectivity index (χ1n) is 6.40. The topological polar surface area (TPSA) is 184 Å². The molecule has 0 aliphatic heterocycles. The number of nitrogens with zero attached hydrogens (tertiary/aromatic N) is 2. The van der Waals surface area contributed by atoms with Crippen LogP contribution in [0.5, 0.6) is 0 Å². The van der Waals surface area contributed by atoms with Gasteiger partial charge >= 0.3 is 11.9 Å². The molecule has 2 rings (SSSR count). The molecule has 0 aliphatic carbocycles. The molecule has 0 spiro atoms. The summed E-state index contributed by atoms with van der Waals surface area (Å²) in [6.07, 6.45) is 4.30. The number of nitrogens with one attached hydrogen (secondary N) is 2. The highest BCUT2D eigenvalue weighted by Gasteiger charge is 2.33. The van der Waals surface area contributed by atoms with Crippen LogP contribution in [0.4, 0.5) is 0 Å². The minimum absolute atomic E-state index is 0.0335. The zero-order chi connectivity index (χ0) is 16.3. The number of imidazole rings is 2. The number of carboxylic acids is 2. The lowest BCUT2D eigenvalue weighted by molar-refractivity contribution is -0.139. The number of aliphatic carboxylic acids is 2. The third-order valence-corrected chi connectivity index (χ3v) is 3.25. The van der Waals surface area contributed by atoms with Crippen molar-refractivity contribution in [3.63, 3.8) is 0 Å². The van der Waals surface area contributed by atoms with Gasteiger partial charge in [0.2, 0.25) is 0 Å². The first kappa shape index (κ1) is 15.7. The Morgan fingerprint density at radius 1 is 1.18 bits per heavy atom. The molecule has 2 heterocycles. The summed E-state index contributed by atoms with van der Waals surface area (Å²) in [5.74, 6) is -2.92. The van der Waals surface area contributed by atoms with Gasteiger partial charge in [0.25, 0.3) is 0 Å². The second kappa shape index (κ2) is 6.37. The maximum Gasteiger partial charge on any atom is 0.321 e. The number of hydrogen-bond acceptors (Lipinski definition) is 6. The van der Waals surface area contributed by atoms with Gasteiger partial charge in [-0.2, -0.15) is 0 Å². The Bertz CT molecular complexity index is 652. The average Bonchev–Trinajstić information content (AvgIpc) is 3.11. The van der Waals surface area contributed by atoms with Crippen LogP contribution < -0.4 is 11.5 Å². The molecule has 0 saturated carbocycles. The van der Waals surface area contributed by atoms with Crippen LogP contribution in [0.1, 0.15) is 23.1 Å². The maximum absolute atomic E-state index is 11.2. The third kappa shape index (κ3) is 3.13. The number of aromatic nitrogens is 4. The Morgan fingerprint density at radius 3 is 2.45 bits per heavy atom. The van der Waals surface area contributed by atoms with Gasteiger partial charge in [0.1, 0.15) is 17.9 Å². The zero-order valence-electron chi connectivity index (χ0n) is 11.4. The molecule has 2 aromatic heterocycles. The van der Waals surface area contributed by atoms with Gasteiger partial charge < -0.3 is 31.6 Å². The molecule has 2 aromatic rings. The molecule has 0 aliphatic rings. The quantitative estimate of drug-likeness (QED) is 0.361. The minimum Gasteiger partial charge on any atom is -0.480 e. The van der Waals surface area contributed by atoms with Crippen molar-refractivity contribution in [2.45, 2.75) is 24.4 Å². The average molecular weight is 308 g/mol. The summed E-state index contributed by atoms with van der Waals surface area (Å²) >= 11 is 0. The van der Waals surface area contributed by atoms with Crippen molar-refractivity contribution in [1.82, 2.24) is 19.9 Å². The molecular weight excluding hydrogens is 292 g/mol. The van der Waals surface area contributed by atoms with Gasteiger partial charge in [-0.15, -0.1) is 0 Å². The number of hydrogen-bond donors (Lipinski definition) is 6. The van der Waals surface area contributed by atoms with E-state index in [4.69, 9.17) is 16.6 Å². The summed E-state index contributed by atoms with van der Waals surface area (Å²) in [5.41, 5.74) is 12.0. The molecular formula is C12H16N6O4. The fraction of sp³-hybridized carbons (Fsp3) is 0.333. The Balaban J connectivity index is 2.39. The van der Waals surface area contributed by atoms with Crippen LogP contribution in [0.3, 0.4) is 0 Å². The van der Waals surface area contributed by atoms with E-state index in [9.17, 15) is 14.7 Å². The van der Waals surface area contributed by atoms with Crippen LogP contribution in [0, 0.1) is 0 Å². The highest BCUT2D eigenvalue weighted by molar-refractivity contribution is 5.75. The molecule has 0 saturated heterocycles. The summed E-state index contributed by atoms with van der Waals surface area (Å²) in [5, 5.41) is 18.1. The number of rotatable bonds is 7. The van der Waals surface area contributed by atoms with Crippen LogP contribution in [0.25, 0.3) is 0 Å². The van der Waals surface area contributed by atoms with Crippen LogP contribution in [-0.2, 0) is 16.0 Å². The van der Waals surface area contributed by atoms with Gasteiger partial charge in [0.15, 0.2) is 0 Å². The molecule has 0 radical (unpaired) electrons. The molecule has 22 heavy (non-hydrogen) atoms. The lowest BCUT2D eigenvalue weighted by Gasteiger charge is -2.19. The monoisotopic (exact) mass is 308 g/mol. The highest BCUT2D eigenvalue weighted by atomic mass is 16.4. The van der Waals surface area contributed by atoms with E-state index >= 15 is 0 Å². The van der Waals surface area contributed by atoms with Gasteiger partial charge in [0, 0.05) is 24.5 Å². The molecule has 2 unspecified atom stereocenters. The van der Waals surface area contributed by atoms with E-state index < -0.39 is 29.9 Å². The normalized spacial score (nSPS) is 15.2. The molecule has 0 bridgehead atoms. The van der Waals surface area contributed by atoms with Crippen molar-refractivity contribution >= 4 is 11.9 Å². The van der Waals surface area contributed by atoms with Crippen LogP contribution in [0.15, 0.2) is 18.7 Å². The lowest BCUT2D eigenvalue weighted by Crippen LogP contribution is -2.39. The number of aromatic amines is 2. The van der Waals surface area contributed by atoms with E-state index in [0.29, 0.717) is 17.2 Å². The summed E-state index contributed by atoms with van der Waals surface area (Å²) in [6.45, 7) is 0. The zero-order valence-corrected chi connectivity index (χ0v) is 11.4. The summed E-state index contributed by atoms with van der Waals surface area (Å²) in [7, 11) is 0. The van der Waals surface area contributed by atoms with Crippen LogP contribution >= 0.6 is 0 Å². The molecule has 8 N–H and O–H groups in total. The SMILES string of the molecule is NC(C(=O)O)C(c1ncc[nH]1)c1nc[nH]c1C[C@H](N)C(=O)O. The van der Waals surface area contributed by atoms with Gasteiger partial charge in [-0.1, -0.05) is 0 Å². The van der Waals surface area contributed by atoms with Crippen molar-refractivity contribution in [3.05, 3.63) is 35.9 Å². The molecule has 10 heteroatoms. The standard InChI is InChI=1S/C12H16N6O4/c13-5(11(19)20)3-6-9(18-4-17-6)7(8(14)12(21)22)10-15-1-2-16-10/h1-2,4-5,7-8H,3,13-14H2,(H,15,16)(H,17,18)(H,19,20)(H,21,22)/t5-,7?,8?/m0/s1. The summed E-state index contributed by atoms with van der Waals surface area (Å²) in [4.78, 5) is 35.8. The van der Waals surface area contributed by atoms with Crippen LogP contribution in [0.2, 0.25) is 0 Å². The van der Waals surface area contributed by atoms with Crippen molar-refractivity contribution in [2.75, 3.05) is 0 Å². The second-order valence-corrected chi connectivity index (χ2v) is 4.73. The molecule has 3 atom stereocenters. The number of nitrogens with two attached hydrogens (primary N) is 2. The van der Waals surface area contributed by atoms with Gasteiger partial charge in [0.05, 0.1) is 17.9 Å². The van der Waals surface area contributed by atoms with Crippen molar-refractivity contribution in [1.29, 1.82) is 0 Å². The van der Waals surface area contributed by atoms with Crippen LogP contribution in [-0.4, -0.2) is 54.2 Å². The van der Waals surface area contributed by atoms with E-state index in [1.165, 1.54) is 18.7 Å². The number of H-pyrrole nitrogens is 2. The van der Waals surface area contributed by atoms with E-state index in [2.05, 4.69) is 19.9 Å². The third-order valence-electron chi connectivity index (χ3n) is 3.25. The Morgan fingerprint density at radius 2 is 1.91 bits per heavy atom. The molecule has 0 amide bonds. The smallest absolute Gasteiger partial charge is 0.321 e. The van der Waals surface area contributed by atoms with E-state index in [1.54, 1.807) is 0 Å². The van der Waals surface area contributed by atoms with Gasteiger partial charge in [-0.3, -0.25) is 9.59 Å². The Labute approximate surface area is 124 Å². The second-order valence-electron chi connectivity index (χ2n) is 4.73. The minimum atomic E-state index is -1.30. The predicted molar refractivity (Wildman–Crippen MR) is 73.9 cm³/mol. The first-order valence-corrected chi connectivity index (χ1v) is 6.40. The summed E-state index contributed by atoms with van der Waals surface area (Å²) in [6, 6.07) is -2.44. The van der Waals surface area contributed by atoms with Gasteiger partial charge in [-0.25, -0.2) is 9.97 Å². The van der Waals surface area contributed by atoms with Crippen molar-refractivity contribution < 1.29 is 19.8 Å². The summed E-state index contributed by atoms with van der Waals surface area (Å²) < 4.78 is 0. The van der Waals surface area contributed by atoms with Crippen molar-refractivity contribution in [2.24, 2.45) is 11.5 Å². The molecule has 0 fully saturated rings. The van der Waals surface area contributed by atoms with E-state index in [0.717, 1.165) is 0 Å². The first-order chi connectivity index (χ1) is 10.4. The fourth-order valence-electron chi connectivity index (χ4n) is 2.13. The molecule has 118 valence electrons. The van der Waals surface area contributed by atoms with Crippen molar-refractivity contribution in [3.8, 4) is 0 Å². The van der Waals surface area contributed by atoms with E-state index in [-0.39, 0.29) is 6.42 Å². The largest absolute Gasteiger partial charge is 0.480 e. The predicted octanol–water partition coefficient (Wildman–Crippen LogP) is -1.37.